The summed E-state index contributed by atoms with van der Waals surface area (Å²) in [6, 6.07) is 16.9. The van der Waals surface area contributed by atoms with Gasteiger partial charge in [-0.1, -0.05) is 41.9 Å². The van der Waals surface area contributed by atoms with E-state index in [4.69, 9.17) is 11.6 Å². The minimum atomic E-state index is -0.189. The number of rotatable bonds is 6. The van der Waals surface area contributed by atoms with E-state index in [-0.39, 0.29) is 18.0 Å². The number of nitrogens with one attached hydrogen (secondary N) is 1. The van der Waals surface area contributed by atoms with Crippen molar-refractivity contribution < 1.29 is 4.79 Å². The number of aromatic nitrogens is 3. The Morgan fingerprint density at radius 2 is 1.74 bits per heavy atom. The lowest BCUT2D eigenvalue weighted by atomic mass is 10.1. The van der Waals surface area contributed by atoms with Gasteiger partial charge in [0.05, 0.1) is 17.3 Å². The molecule has 0 aliphatic rings. The number of nitrogens with zero attached hydrogens (tertiary/aromatic N) is 3. The lowest BCUT2D eigenvalue weighted by Crippen LogP contribution is -2.30. The van der Waals surface area contributed by atoms with Gasteiger partial charge in [0.25, 0.3) is 5.56 Å². The van der Waals surface area contributed by atoms with Crippen LogP contribution >= 0.6 is 11.6 Å². The van der Waals surface area contributed by atoms with Gasteiger partial charge in [-0.25, -0.2) is 0 Å². The van der Waals surface area contributed by atoms with Gasteiger partial charge in [-0.15, -0.1) is 0 Å². The number of para-hydroxylation sites is 1. The number of carbonyl (C=O) groups is 1. The molecule has 2 heterocycles. The molecule has 0 saturated heterocycles. The van der Waals surface area contributed by atoms with Gasteiger partial charge in [0.2, 0.25) is 5.91 Å². The van der Waals surface area contributed by atoms with Crippen LogP contribution in [0.2, 0.25) is 5.02 Å². The molecule has 4 aromatic rings. The molecule has 0 aliphatic carbocycles. The van der Waals surface area contributed by atoms with E-state index in [0.29, 0.717) is 22.6 Å². The first-order valence-electron chi connectivity index (χ1n) is 10.1. The number of fused-ring (bicyclic) bond motifs is 1. The topological polar surface area (TPSA) is 68.9 Å². The molecule has 158 valence electrons. The first-order valence-corrected chi connectivity index (χ1v) is 10.5. The van der Waals surface area contributed by atoms with Crippen molar-refractivity contribution in [3.63, 3.8) is 0 Å². The van der Waals surface area contributed by atoms with Gasteiger partial charge >= 0.3 is 0 Å². The molecule has 0 unspecified atom stereocenters. The molecule has 2 aromatic heterocycles. The Kier molecular flexibility index (Phi) is 5.91. The Hall–Kier alpha value is -3.38. The summed E-state index contributed by atoms with van der Waals surface area (Å²) in [4.78, 5) is 25.7. The van der Waals surface area contributed by atoms with Crippen LogP contribution in [0.15, 0.2) is 65.6 Å². The van der Waals surface area contributed by atoms with Crippen molar-refractivity contribution in [2.75, 3.05) is 6.54 Å². The van der Waals surface area contributed by atoms with E-state index in [0.717, 1.165) is 28.8 Å². The second-order valence-electron chi connectivity index (χ2n) is 7.47. The summed E-state index contributed by atoms with van der Waals surface area (Å²) >= 11 is 5.90. The van der Waals surface area contributed by atoms with Crippen molar-refractivity contribution in [3.05, 3.63) is 93.1 Å². The fourth-order valence-electron chi connectivity index (χ4n) is 3.80. The Bertz CT molecular complexity index is 1290. The third-order valence-electron chi connectivity index (χ3n) is 5.49. The summed E-state index contributed by atoms with van der Waals surface area (Å²) < 4.78 is 3.27. The molecular weight excluding hydrogens is 412 g/mol. The zero-order chi connectivity index (χ0) is 22.0. The van der Waals surface area contributed by atoms with Gasteiger partial charge in [0.15, 0.2) is 0 Å². The number of amides is 1. The van der Waals surface area contributed by atoms with Crippen molar-refractivity contribution in [2.24, 2.45) is 0 Å². The maximum atomic E-state index is 13.1. The fraction of sp³-hybridized carbons (Fsp3) is 0.208. The summed E-state index contributed by atoms with van der Waals surface area (Å²) in [5, 5.41) is 9.34. The van der Waals surface area contributed by atoms with E-state index < -0.39 is 0 Å². The van der Waals surface area contributed by atoms with Crippen LogP contribution in [-0.2, 0) is 17.8 Å². The van der Waals surface area contributed by atoms with Crippen LogP contribution in [0.4, 0.5) is 0 Å². The Labute approximate surface area is 185 Å². The van der Waals surface area contributed by atoms with Gasteiger partial charge in [-0.05, 0) is 50.1 Å². The lowest BCUT2D eigenvalue weighted by molar-refractivity contribution is -0.121. The van der Waals surface area contributed by atoms with Gasteiger partial charge in [0.1, 0.15) is 6.54 Å². The summed E-state index contributed by atoms with van der Waals surface area (Å²) in [5.41, 5.74) is 3.24. The molecule has 7 heteroatoms. The van der Waals surface area contributed by atoms with Crippen molar-refractivity contribution in [2.45, 2.75) is 26.8 Å². The van der Waals surface area contributed by atoms with Gasteiger partial charge < -0.3 is 9.88 Å². The van der Waals surface area contributed by atoms with E-state index in [1.54, 1.807) is 6.20 Å². The van der Waals surface area contributed by atoms with Gasteiger partial charge in [0, 0.05) is 28.3 Å². The second kappa shape index (κ2) is 8.78. The number of hydrogen-bond acceptors (Lipinski definition) is 3. The Balaban J connectivity index is 1.53. The molecule has 6 nitrogen and oxygen atoms in total. The molecule has 0 fully saturated rings. The molecule has 2 aromatic carbocycles. The molecule has 0 atom stereocenters. The highest BCUT2D eigenvalue weighted by Gasteiger charge is 2.18. The molecule has 0 spiro atoms. The molecule has 0 radical (unpaired) electrons. The average molecular weight is 435 g/mol. The summed E-state index contributed by atoms with van der Waals surface area (Å²) in [5.74, 6) is -0.100. The standard InChI is InChI=1S/C24H23ClN4O2/c1-16-21-14-27-29(20-6-4-3-5-7-20)24(31)23(21)17(2)28(16)15-22(30)26-13-12-18-8-10-19(25)11-9-18/h3-11,14H,12-13,15H2,1-2H3,(H,26,30). The second-order valence-corrected chi connectivity index (χ2v) is 7.91. The zero-order valence-corrected chi connectivity index (χ0v) is 18.2. The van der Waals surface area contributed by atoms with Crippen LogP contribution < -0.4 is 10.9 Å². The molecule has 0 aliphatic heterocycles. The normalized spacial score (nSPS) is 11.1. The van der Waals surface area contributed by atoms with Crippen LogP contribution in [0, 0.1) is 13.8 Å². The first kappa shape index (κ1) is 20.9. The van der Waals surface area contributed by atoms with E-state index in [2.05, 4.69) is 10.4 Å². The number of hydrogen-bond donors (Lipinski definition) is 1. The highest BCUT2D eigenvalue weighted by Crippen LogP contribution is 2.22. The molecule has 1 N–H and O–H groups in total. The smallest absolute Gasteiger partial charge is 0.281 e. The Morgan fingerprint density at radius 3 is 2.45 bits per heavy atom. The van der Waals surface area contributed by atoms with Gasteiger partial charge in [-0.2, -0.15) is 9.78 Å². The van der Waals surface area contributed by atoms with Crippen molar-refractivity contribution >= 4 is 28.3 Å². The van der Waals surface area contributed by atoms with E-state index in [1.807, 2.05) is 73.0 Å². The van der Waals surface area contributed by atoms with Crippen molar-refractivity contribution in [1.29, 1.82) is 0 Å². The zero-order valence-electron chi connectivity index (χ0n) is 17.4. The number of halogens is 1. The van der Waals surface area contributed by atoms with Gasteiger partial charge in [-0.3, -0.25) is 9.59 Å². The van der Waals surface area contributed by atoms with Crippen molar-refractivity contribution in [1.82, 2.24) is 19.7 Å². The van der Waals surface area contributed by atoms with E-state index in [1.165, 1.54) is 4.68 Å². The summed E-state index contributed by atoms with van der Waals surface area (Å²) in [7, 11) is 0. The molecule has 0 bridgehead atoms. The van der Waals surface area contributed by atoms with Crippen LogP contribution in [0.1, 0.15) is 17.0 Å². The number of benzene rings is 2. The van der Waals surface area contributed by atoms with Crippen LogP contribution in [0.3, 0.4) is 0 Å². The minimum Gasteiger partial charge on any atom is -0.354 e. The first-order chi connectivity index (χ1) is 15.0. The van der Waals surface area contributed by atoms with Crippen molar-refractivity contribution in [3.8, 4) is 5.69 Å². The quantitative estimate of drug-likeness (QED) is 0.501. The molecule has 31 heavy (non-hydrogen) atoms. The monoisotopic (exact) mass is 434 g/mol. The summed E-state index contributed by atoms with van der Waals surface area (Å²) in [6.07, 6.45) is 2.42. The minimum absolute atomic E-state index is 0.100. The molecular formula is C24H23ClN4O2. The number of aryl methyl sites for hydroxylation is 2. The predicted molar refractivity (Wildman–Crippen MR) is 123 cm³/mol. The average Bonchev–Trinajstić information content (AvgIpc) is 3.01. The lowest BCUT2D eigenvalue weighted by Gasteiger charge is -2.10. The maximum absolute atomic E-state index is 13.1. The fourth-order valence-corrected chi connectivity index (χ4v) is 3.92. The number of carbonyl (C=O) groups excluding carboxylic acids is 1. The van der Waals surface area contributed by atoms with Crippen LogP contribution in [0.5, 0.6) is 0 Å². The van der Waals surface area contributed by atoms with Crippen LogP contribution in [-0.4, -0.2) is 26.8 Å². The Morgan fingerprint density at radius 1 is 1.03 bits per heavy atom. The third kappa shape index (κ3) is 4.25. The predicted octanol–water partition coefficient (Wildman–Crippen LogP) is 3.82. The SMILES string of the molecule is Cc1c2cnn(-c3ccccc3)c(=O)c2c(C)n1CC(=O)NCCc1ccc(Cl)cc1. The molecule has 0 saturated carbocycles. The highest BCUT2D eigenvalue weighted by atomic mass is 35.5. The van der Waals surface area contributed by atoms with Crippen LogP contribution in [0.25, 0.3) is 16.5 Å². The molecule has 4 rings (SSSR count). The summed E-state index contributed by atoms with van der Waals surface area (Å²) in [6.45, 7) is 4.46. The van der Waals surface area contributed by atoms with E-state index >= 15 is 0 Å². The maximum Gasteiger partial charge on any atom is 0.281 e. The largest absolute Gasteiger partial charge is 0.354 e. The highest BCUT2D eigenvalue weighted by molar-refractivity contribution is 6.30. The third-order valence-corrected chi connectivity index (χ3v) is 5.74. The molecule has 1 amide bonds. The van der Waals surface area contributed by atoms with E-state index in [9.17, 15) is 9.59 Å².